The van der Waals surface area contributed by atoms with Crippen molar-refractivity contribution in [1.82, 2.24) is 20.0 Å². The molecule has 0 bridgehead atoms. The van der Waals surface area contributed by atoms with Crippen LogP contribution in [-0.4, -0.2) is 124 Å². The molecule has 4 amide bonds. The minimum Gasteiger partial charge on any atom is -0.387 e. The Morgan fingerprint density at radius 2 is 1.55 bits per heavy atom. The number of hydrogen-bond donors (Lipinski definition) is 4. The van der Waals surface area contributed by atoms with E-state index in [-0.39, 0.29) is 17.8 Å². The number of piperazine rings is 1. The standard InChI is InChI=1S/C35H50N4O7S/c1-22-10-15-25(31-29(42)28(41)30(43)32(46-31)47-6)21-26(22)20-24-13-11-23(12-14-24)8-7-9-27(40)36-35(2,3)33(44)38-16-18-39(19-17-38)34(45)37(4)5/h10-15,21,28-32,41-43H,7-9,16-20H2,1-6H3,(H,36,40)/t28-,29-,30+,31+,32-/m1/s1. The fourth-order valence-corrected chi connectivity index (χ4v) is 6.79. The van der Waals surface area contributed by atoms with Crippen LogP contribution in [0, 0.1) is 6.92 Å². The van der Waals surface area contributed by atoms with Crippen LogP contribution in [0.2, 0.25) is 0 Å². The van der Waals surface area contributed by atoms with Crippen LogP contribution in [0.1, 0.15) is 60.6 Å². The lowest BCUT2D eigenvalue weighted by Gasteiger charge is -2.40. The number of carbonyl (C=O) groups is 3. The summed E-state index contributed by atoms with van der Waals surface area (Å²) >= 11 is 1.29. The molecule has 5 atom stereocenters. The van der Waals surface area contributed by atoms with Gasteiger partial charge in [-0.25, -0.2) is 4.79 Å². The third-order valence-electron chi connectivity index (χ3n) is 9.00. The van der Waals surface area contributed by atoms with E-state index >= 15 is 0 Å². The molecule has 258 valence electrons. The highest BCUT2D eigenvalue weighted by Gasteiger charge is 2.44. The minimum atomic E-state index is -1.29. The van der Waals surface area contributed by atoms with Gasteiger partial charge in [-0.15, -0.1) is 11.8 Å². The SMILES string of the molecule is CS[C@H]1O[C@@H](c2ccc(C)c(Cc3ccc(CCCC(=O)NC(C)(C)C(=O)N4CCN(C(=O)N(C)C)CC4)cc3)c2)[C@H](O)[C@@H](O)[C@@H]1O. The molecule has 2 aliphatic heterocycles. The summed E-state index contributed by atoms with van der Waals surface area (Å²) in [5, 5.41) is 34.1. The van der Waals surface area contributed by atoms with Crippen LogP contribution in [0.25, 0.3) is 0 Å². The van der Waals surface area contributed by atoms with Gasteiger partial charge in [0.2, 0.25) is 11.8 Å². The van der Waals surface area contributed by atoms with Crippen LogP contribution in [0.3, 0.4) is 0 Å². The zero-order valence-corrected chi connectivity index (χ0v) is 29.1. The van der Waals surface area contributed by atoms with Gasteiger partial charge in [-0.2, -0.15) is 0 Å². The van der Waals surface area contributed by atoms with E-state index in [1.54, 1.807) is 44.0 Å². The van der Waals surface area contributed by atoms with Crippen LogP contribution in [0.4, 0.5) is 4.79 Å². The largest absolute Gasteiger partial charge is 0.387 e. The average Bonchev–Trinajstić information content (AvgIpc) is 3.05. The topological polar surface area (TPSA) is 143 Å². The summed E-state index contributed by atoms with van der Waals surface area (Å²) in [6, 6.07) is 14.1. The Balaban J connectivity index is 1.26. The normalized spacial score (nSPS) is 23.4. The molecule has 0 spiro atoms. The van der Waals surface area contributed by atoms with E-state index in [1.165, 1.54) is 16.7 Å². The van der Waals surface area contributed by atoms with Gasteiger partial charge in [0.1, 0.15) is 35.4 Å². The van der Waals surface area contributed by atoms with Crippen molar-refractivity contribution in [2.24, 2.45) is 0 Å². The van der Waals surface area contributed by atoms with Crippen molar-refractivity contribution in [2.75, 3.05) is 46.5 Å². The Morgan fingerprint density at radius 3 is 2.17 bits per heavy atom. The molecule has 4 N–H and O–H groups in total. The van der Waals surface area contributed by atoms with Crippen molar-refractivity contribution < 1.29 is 34.4 Å². The first kappa shape index (κ1) is 36.7. The molecule has 2 aromatic rings. The summed E-state index contributed by atoms with van der Waals surface area (Å²) in [5.41, 5.74) is 3.47. The van der Waals surface area contributed by atoms with Gasteiger partial charge in [0, 0.05) is 46.7 Å². The van der Waals surface area contributed by atoms with Crippen molar-refractivity contribution >= 4 is 29.6 Å². The van der Waals surface area contributed by atoms with Gasteiger partial charge in [0.05, 0.1) is 0 Å². The number of thioether (sulfide) groups is 1. The van der Waals surface area contributed by atoms with Crippen molar-refractivity contribution in [2.45, 2.75) is 81.8 Å². The van der Waals surface area contributed by atoms with Crippen molar-refractivity contribution in [3.05, 3.63) is 70.3 Å². The smallest absolute Gasteiger partial charge is 0.319 e. The molecule has 2 fully saturated rings. The molecule has 4 rings (SSSR count). The second-order valence-electron chi connectivity index (χ2n) is 13.3. The Morgan fingerprint density at radius 1 is 0.936 bits per heavy atom. The van der Waals surface area contributed by atoms with Crippen molar-refractivity contribution in [3.8, 4) is 0 Å². The third kappa shape index (κ3) is 9.05. The molecule has 47 heavy (non-hydrogen) atoms. The summed E-state index contributed by atoms with van der Waals surface area (Å²) in [6.07, 6.45) is -0.310. The number of aryl methyl sites for hydroxylation is 2. The van der Waals surface area contributed by atoms with Gasteiger partial charge >= 0.3 is 6.03 Å². The predicted octanol–water partition coefficient (Wildman–Crippen LogP) is 2.47. The first-order valence-corrected chi connectivity index (χ1v) is 17.5. The van der Waals surface area contributed by atoms with Crippen LogP contribution < -0.4 is 5.32 Å². The molecule has 2 heterocycles. The fourth-order valence-electron chi connectivity index (χ4n) is 6.12. The average molecular weight is 671 g/mol. The molecule has 0 saturated carbocycles. The van der Waals surface area contributed by atoms with E-state index in [4.69, 9.17) is 4.74 Å². The number of aliphatic hydroxyl groups is 3. The number of hydrogen-bond acceptors (Lipinski definition) is 8. The lowest BCUT2D eigenvalue weighted by atomic mass is 9.91. The molecule has 2 saturated heterocycles. The zero-order chi connectivity index (χ0) is 34.5. The minimum absolute atomic E-state index is 0.0689. The van der Waals surface area contributed by atoms with Gasteiger partial charge in [-0.05, 0) is 74.1 Å². The Bertz CT molecular complexity index is 1390. The molecule has 0 aliphatic carbocycles. The number of rotatable bonds is 10. The molecule has 2 aromatic carbocycles. The highest BCUT2D eigenvalue weighted by atomic mass is 32.2. The lowest BCUT2D eigenvalue weighted by molar-refractivity contribution is -0.200. The quantitative estimate of drug-likeness (QED) is 0.302. The number of ether oxygens (including phenoxy) is 1. The summed E-state index contributed by atoms with van der Waals surface area (Å²) in [5.74, 6) is -0.322. The zero-order valence-electron chi connectivity index (χ0n) is 28.3. The molecule has 2 aliphatic rings. The highest BCUT2D eigenvalue weighted by molar-refractivity contribution is 7.99. The number of benzene rings is 2. The van der Waals surface area contributed by atoms with Gasteiger partial charge in [0.15, 0.2) is 0 Å². The van der Waals surface area contributed by atoms with E-state index in [9.17, 15) is 29.7 Å². The van der Waals surface area contributed by atoms with Crippen LogP contribution in [-0.2, 0) is 27.2 Å². The summed E-state index contributed by atoms with van der Waals surface area (Å²) < 4.78 is 5.96. The monoisotopic (exact) mass is 670 g/mol. The maximum absolute atomic E-state index is 13.2. The molecule has 11 nitrogen and oxygen atoms in total. The Labute approximate surface area is 282 Å². The summed E-state index contributed by atoms with van der Waals surface area (Å²) in [4.78, 5) is 43.1. The van der Waals surface area contributed by atoms with Gasteiger partial charge in [-0.1, -0.05) is 42.5 Å². The van der Waals surface area contributed by atoms with E-state index in [2.05, 4.69) is 29.6 Å². The van der Waals surface area contributed by atoms with Crippen LogP contribution in [0.15, 0.2) is 42.5 Å². The first-order valence-electron chi connectivity index (χ1n) is 16.2. The van der Waals surface area contributed by atoms with E-state index in [0.29, 0.717) is 45.4 Å². The number of carbonyl (C=O) groups excluding carboxylic acids is 3. The Kier molecular flexibility index (Phi) is 12.3. The van der Waals surface area contributed by atoms with E-state index in [1.807, 2.05) is 25.1 Å². The number of nitrogens with one attached hydrogen (secondary N) is 1. The van der Waals surface area contributed by atoms with E-state index < -0.39 is 35.4 Å². The third-order valence-corrected chi connectivity index (χ3v) is 9.85. The van der Waals surface area contributed by atoms with Gasteiger partial charge < -0.3 is 40.1 Å². The van der Waals surface area contributed by atoms with Crippen LogP contribution >= 0.6 is 11.8 Å². The molecular formula is C35H50N4O7S. The maximum atomic E-state index is 13.2. The number of amides is 4. The second-order valence-corrected chi connectivity index (χ2v) is 14.2. The first-order chi connectivity index (χ1) is 22.2. The molecule has 12 heteroatoms. The molecule has 0 unspecified atom stereocenters. The summed E-state index contributed by atoms with van der Waals surface area (Å²) in [7, 11) is 3.42. The number of urea groups is 1. The van der Waals surface area contributed by atoms with Crippen LogP contribution in [0.5, 0.6) is 0 Å². The van der Waals surface area contributed by atoms with Gasteiger partial charge in [-0.3, -0.25) is 9.59 Å². The van der Waals surface area contributed by atoms with Gasteiger partial charge in [0.25, 0.3) is 0 Å². The van der Waals surface area contributed by atoms with E-state index in [0.717, 1.165) is 34.2 Å². The van der Waals surface area contributed by atoms with Crippen molar-refractivity contribution in [3.63, 3.8) is 0 Å². The second kappa shape index (κ2) is 15.8. The number of aliphatic hydroxyl groups excluding tert-OH is 3. The lowest BCUT2D eigenvalue weighted by Crippen LogP contribution is -2.60. The summed E-state index contributed by atoms with van der Waals surface area (Å²) in [6.45, 7) is 7.28. The molecular weight excluding hydrogens is 620 g/mol. The fraction of sp³-hybridized carbons (Fsp3) is 0.571. The molecule has 0 radical (unpaired) electrons. The Hall–Kier alpha value is -3.16. The van der Waals surface area contributed by atoms with Crippen molar-refractivity contribution in [1.29, 1.82) is 0 Å². The highest BCUT2D eigenvalue weighted by Crippen LogP contribution is 2.36. The predicted molar refractivity (Wildman–Crippen MR) is 182 cm³/mol. The maximum Gasteiger partial charge on any atom is 0.319 e. The molecule has 0 aromatic heterocycles. The number of nitrogens with zero attached hydrogens (tertiary/aromatic N) is 3.